The number of piperazine rings is 1. The number of rotatable bonds is 8. The minimum absolute atomic E-state index is 0.130. The predicted octanol–water partition coefficient (Wildman–Crippen LogP) is 2.59. The normalized spacial score (nSPS) is 15.3. The predicted molar refractivity (Wildman–Crippen MR) is 117 cm³/mol. The molecule has 0 spiro atoms. The minimum atomic E-state index is -3.50. The lowest BCUT2D eigenvalue weighted by Crippen LogP contribution is -2.50. The molecule has 0 bridgehead atoms. The Balaban J connectivity index is 1.41. The molecule has 1 amide bonds. The van der Waals surface area contributed by atoms with Crippen LogP contribution < -0.4 is 4.74 Å². The lowest BCUT2D eigenvalue weighted by Gasteiger charge is -2.34. The summed E-state index contributed by atoms with van der Waals surface area (Å²) in [5.41, 5.74) is 0.676. The number of carbonyl (C=O) groups is 1. The van der Waals surface area contributed by atoms with Gasteiger partial charge >= 0.3 is 0 Å². The molecule has 0 unspecified atom stereocenters. The Morgan fingerprint density at radius 3 is 2.41 bits per heavy atom. The third-order valence-electron chi connectivity index (χ3n) is 4.76. The van der Waals surface area contributed by atoms with Crippen LogP contribution >= 0.6 is 15.9 Å². The average Bonchev–Trinajstić information content (AvgIpc) is 2.68. The van der Waals surface area contributed by atoms with Gasteiger partial charge in [0.1, 0.15) is 18.1 Å². The van der Waals surface area contributed by atoms with Crippen molar-refractivity contribution in [2.75, 3.05) is 45.1 Å². The molecule has 1 fully saturated rings. The van der Waals surface area contributed by atoms with E-state index in [1.807, 2.05) is 36.4 Å². The smallest absolute Gasteiger partial charge is 0.237 e. The summed E-state index contributed by atoms with van der Waals surface area (Å²) in [6.45, 7) is 3.87. The molecule has 0 saturated carbocycles. The minimum Gasteiger partial charge on any atom is -0.492 e. The summed E-state index contributed by atoms with van der Waals surface area (Å²) >= 11 is 3.34. The van der Waals surface area contributed by atoms with Gasteiger partial charge in [-0.15, -0.1) is 0 Å². The first-order valence-corrected chi connectivity index (χ1v) is 12.2. The molecule has 0 N–H and O–H groups in total. The highest BCUT2D eigenvalue weighted by Crippen LogP contribution is 2.15. The molecule has 0 radical (unpaired) electrons. The average molecular weight is 481 g/mol. The van der Waals surface area contributed by atoms with Crippen molar-refractivity contribution in [2.24, 2.45) is 0 Å². The second kappa shape index (κ2) is 10.2. The van der Waals surface area contributed by atoms with Crippen LogP contribution in [0.15, 0.2) is 59.1 Å². The van der Waals surface area contributed by atoms with Crippen LogP contribution in [0.3, 0.4) is 0 Å². The fourth-order valence-corrected chi connectivity index (χ4v) is 5.04. The number of hydrogen-bond acceptors (Lipinski definition) is 5. The summed E-state index contributed by atoms with van der Waals surface area (Å²) in [6.07, 6.45) is 0. The number of nitrogens with zero attached hydrogens (tertiary/aromatic N) is 2. The van der Waals surface area contributed by atoms with Gasteiger partial charge in [0, 0.05) is 37.2 Å². The van der Waals surface area contributed by atoms with E-state index in [4.69, 9.17) is 4.74 Å². The van der Waals surface area contributed by atoms with Crippen molar-refractivity contribution in [3.05, 3.63) is 64.6 Å². The van der Waals surface area contributed by atoms with Crippen molar-refractivity contribution >= 4 is 31.7 Å². The molecule has 1 heterocycles. The van der Waals surface area contributed by atoms with Crippen molar-refractivity contribution in [3.8, 4) is 5.75 Å². The van der Waals surface area contributed by atoms with E-state index in [1.54, 1.807) is 23.1 Å². The van der Waals surface area contributed by atoms with Gasteiger partial charge in [0.2, 0.25) is 5.91 Å². The maximum absolute atomic E-state index is 12.5. The van der Waals surface area contributed by atoms with Crippen LogP contribution in [0.5, 0.6) is 5.75 Å². The molecule has 0 aromatic heterocycles. The number of carbonyl (C=O) groups excluding carboxylic acids is 1. The summed E-state index contributed by atoms with van der Waals surface area (Å²) in [5, 5.41) is 0. The van der Waals surface area contributed by atoms with E-state index in [1.165, 1.54) is 0 Å². The molecule has 1 aliphatic rings. The number of sulfone groups is 1. The van der Waals surface area contributed by atoms with Gasteiger partial charge in [0.05, 0.1) is 5.75 Å². The Morgan fingerprint density at radius 2 is 1.72 bits per heavy atom. The maximum Gasteiger partial charge on any atom is 0.237 e. The van der Waals surface area contributed by atoms with Crippen LogP contribution in [0.2, 0.25) is 0 Å². The monoisotopic (exact) mass is 480 g/mol. The topological polar surface area (TPSA) is 66.9 Å². The molecule has 0 aliphatic carbocycles. The van der Waals surface area contributed by atoms with E-state index in [-0.39, 0.29) is 11.7 Å². The van der Waals surface area contributed by atoms with E-state index >= 15 is 0 Å². The van der Waals surface area contributed by atoms with Crippen molar-refractivity contribution in [3.63, 3.8) is 0 Å². The molecule has 0 atom stereocenters. The second-order valence-corrected chi connectivity index (χ2v) is 10.0. The molecule has 156 valence electrons. The molecule has 29 heavy (non-hydrogen) atoms. The highest BCUT2D eigenvalue weighted by Gasteiger charge is 2.25. The van der Waals surface area contributed by atoms with Gasteiger partial charge in [-0.1, -0.05) is 46.3 Å². The van der Waals surface area contributed by atoms with E-state index in [0.717, 1.165) is 29.9 Å². The van der Waals surface area contributed by atoms with Crippen LogP contribution in [-0.4, -0.2) is 69.2 Å². The Hall–Kier alpha value is -1.90. The molecule has 8 heteroatoms. The van der Waals surface area contributed by atoms with Gasteiger partial charge < -0.3 is 9.64 Å². The van der Waals surface area contributed by atoms with Gasteiger partial charge in [-0.3, -0.25) is 9.69 Å². The largest absolute Gasteiger partial charge is 0.492 e. The summed E-state index contributed by atoms with van der Waals surface area (Å²) < 4.78 is 31.4. The number of halogens is 1. The van der Waals surface area contributed by atoms with Crippen molar-refractivity contribution in [1.82, 2.24) is 9.80 Å². The number of ether oxygens (including phenoxy) is 1. The first-order valence-electron chi connectivity index (χ1n) is 9.54. The van der Waals surface area contributed by atoms with E-state index in [9.17, 15) is 13.2 Å². The fraction of sp³-hybridized carbons (Fsp3) is 0.381. The maximum atomic E-state index is 12.5. The van der Waals surface area contributed by atoms with Crippen molar-refractivity contribution < 1.29 is 17.9 Å². The third kappa shape index (κ3) is 7.13. The lowest BCUT2D eigenvalue weighted by molar-refractivity contribution is -0.130. The van der Waals surface area contributed by atoms with E-state index in [0.29, 0.717) is 25.3 Å². The Morgan fingerprint density at radius 1 is 1.00 bits per heavy atom. The van der Waals surface area contributed by atoms with Gasteiger partial charge in [0.25, 0.3) is 0 Å². The summed E-state index contributed by atoms with van der Waals surface area (Å²) in [4.78, 5) is 16.3. The number of hydrogen-bond donors (Lipinski definition) is 0. The number of benzene rings is 2. The van der Waals surface area contributed by atoms with Crippen molar-refractivity contribution in [2.45, 2.75) is 5.75 Å². The first kappa shape index (κ1) is 21.8. The van der Waals surface area contributed by atoms with Crippen LogP contribution in [0.4, 0.5) is 0 Å². The van der Waals surface area contributed by atoms with Gasteiger partial charge in [-0.05, 0) is 29.8 Å². The fourth-order valence-electron chi connectivity index (χ4n) is 3.24. The van der Waals surface area contributed by atoms with E-state index in [2.05, 4.69) is 20.8 Å². The Kier molecular flexibility index (Phi) is 7.69. The Bertz CT molecular complexity index is 913. The SMILES string of the molecule is O=C(CS(=O)(=O)Cc1cccc(Br)c1)N1CCN(CCOc2ccccc2)CC1. The summed E-state index contributed by atoms with van der Waals surface area (Å²) in [5.74, 6) is -0.0526. The molecular weight excluding hydrogens is 456 g/mol. The molecule has 2 aromatic rings. The van der Waals surface area contributed by atoms with E-state index < -0.39 is 15.6 Å². The van der Waals surface area contributed by atoms with Gasteiger partial charge in [0.15, 0.2) is 9.84 Å². The van der Waals surface area contributed by atoms with Crippen LogP contribution in [0.25, 0.3) is 0 Å². The highest BCUT2D eigenvalue weighted by molar-refractivity contribution is 9.10. The van der Waals surface area contributed by atoms with Gasteiger partial charge in [-0.25, -0.2) is 8.42 Å². The highest BCUT2D eigenvalue weighted by atomic mass is 79.9. The molecule has 2 aromatic carbocycles. The molecule has 1 aliphatic heterocycles. The van der Waals surface area contributed by atoms with Crippen LogP contribution in [-0.2, 0) is 20.4 Å². The molecular formula is C21H25BrN2O4S. The zero-order valence-electron chi connectivity index (χ0n) is 16.2. The zero-order valence-corrected chi connectivity index (χ0v) is 18.6. The van der Waals surface area contributed by atoms with Gasteiger partial charge in [-0.2, -0.15) is 0 Å². The number of para-hydroxylation sites is 1. The van der Waals surface area contributed by atoms with Crippen LogP contribution in [0.1, 0.15) is 5.56 Å². The quantitative estimate of drug-likeness (QED) is 0.580. The van der Waals surface area contributed by atoms with Crippen LogP contribution in [0, 0.1) is 0 Å². The first-order chi connectivity index (χ1) is 13.9. The zero-order chi connectivity index (χ0) is 20.7. The van der Waals surface area contributed by atoms with Crippen molar-refractivity contribution in [1.29, 1.82) is 0 Å². The second-order valence-electron chi connectivity index (χ2n) is 7.05. The molecule has 6 nitrogen and oxygen atoms in total. The third-order valence-corrected chi connectivity index (χ3v) is 6.72. The standard InChI is InChI=1S/C21H25BrN2O4S/c22-19-6-4-5-18(15-19)16-29(26,27)17-21(25)24-11-9-23(10-12-24)13-14-28-20-7-2-1-3-8-20/h1-8,15H,9-14,16-17H2. The summed E-state index contributed by atoms with van der Waals surface area (Å²) in [6, 6.07) is 16.8. The molecule has 3 rings (SSSR count). The Labute approximate surface area is 180 Å². The number of amides is 1. The summed E-state index contributed by atoms with van der Waals surface area (Å²) in [7, 11) is -3.50. The lowest BCUT2D eigenvalue weighted by atomic mass is 10.2. The molecule has 1 saturated heterocycles.